The minimum atomic E-state index is -0.502. The lowest BCUT2D eigenvalue weighted by atomic mass is 9.99. The SMILES string of the molecule is CC1CC(N)CCN1c1ncc([N+](=O)[O-])cc1Cl. The van der Waals surface area contributed by atoms with Crippen LogP contribution in [0.25, 0.3) is 0 Å². The molecule has 1 aliphatic heterocycles. The number of hydrogen-bond acceptors (Lipinski definition) is 5. The summed E-state index contributed by atoms with van der Waals surface area (Å²) < 4.78 is 0. The number of nitrogens with two attached hydrogens (primary N) is 1. The van der Waals surface area contributed by atoms with Crippen molar-refractivity contribution in [2.45, 2.75) is 31.8 Å². The van der Waals surface area contributed by atoms with Crippen molar-refractivity contribution in [2.75, 3.05) is 11.4 Å². The molecule has 0 amide bonds. The standard InChI is InChI=1S/C11H15ClN4O2/c1-7-4-8(13)2-3-15(7)11-10(12)5-9(6-14-11)16(17)18/h5-8H,2-4,13H2,1H3. The van der Waals surface area contributed by atoms with Crippen LogP contribution in [-0.2, 0) is 0 Å². The molecule has 2 atom stereocenters. The minimum absolute atomic E-state index is 0.0925. The molecule has 2 rings (SSSR count). The maximum absolute atomic E-state index is 10.6. The second-order valence-electron chi connectivity index (χ2n) is 4.58. The Kier molecular flexibility index (Phi) is 3.68. The van der Waals surface area contributed by atoms with E-state index in [1.165, 1.54) is 12.3 Å². The highest BCUT2D eigenvalue weighted by molar-refractivity contribution is 6.33. The van der Waals surface area contributed by atoms with Gasteiger partial charge in [0.25, 0.3) is 5.69 Å². The van der Waals surface area contributed by atoms with Gasteiger partial charge in [0.15, 0.2) is 0 Å². The number of nitrogens with zero attached hydrogens (tertiary/aromatic N) is 3. The quantitative estimate of drug-likeness (QED) is 0.656. The lowest BCUT2D eigenvalue weighted by Crippen LogP contribution is -2.46. The van der Waals surface area contributed by atoms with Crippen LogP contribution in [0.4, 0.5) is 11.5 Å². The number of anilines is 1. The van der Waals surface area contributed by atoms with Crippen LogP contribution in [0, 0.1) is 10.1 Å². The van der Waals surface area contributed by atoms with E-state index in [9.17, 15) is 10.1 Å². The van der Waals surface area contributed by atoms with E-state index < -0.39 is 4.92 Å². The van der Waals surface area contributed by atoms with E-state index in [4.69, 9.17) is 17.3 Å². The second kappa shape index (κ2) is 5.07. The van der Waals surface area contributed by atoms with Gasteiger partial charge in [-0.1, -0.05) is 11.6 Å². The Bertz CT molecular complexity index is 468. The van der Waals surface area contributed by atoms with Crippen LogP contribution >= 0.6 is 11.6 Å². The van der Waals surface area contributed by atoms with Crippen molar-refractivity contribution in [1.82, 2.24) is 4.98 Å². The van der Waals surface area contributed by atoms with E-state index >= 15 is 0 Å². The molecule has 18 heavy (non-hydrogen) atoms. The molecule has 2 N–H and O–H groups in total. The molecule has 98 valence electrons. The first-order valence-electron chi connectivity index (χ1n) is 5.81. The van der Waals surface area contributed by atoms with Crippen LogP contribution in [0.5, 0.6) is 0 Å². The zero-order chi connectivity index (χ0) is 13.3. The smallest absolute Gasteiger partial charge is 0.289 e. The maximum atomic E-state index is 10.6. The van der Waals surface area contributed by atoms with Crippen LogP contribution in [0.15, 0.2) is 12.3 Å². The Labute approximate surface area is 110 Å². The summed E-state index contributed by atoms with van der Waals surface area (Å²) in [6, 6.07) is 1.78. The number of pyridine rings is 1. The predicted octanol–water partition coefficient (Wildman–Crippen LogP) is 1.96. The molecular weight excluding hydrogens is 256 g/mol. The molecule has 1 saturated heterocycles. The molecule has 0 bridgehead atoms. The van der Waals surface area contributed by atoms with Crippen LogP contribution in [0.2, 0.25) is 5.02 Å². The molecule has 1 aliphatic rings. The summed E-state index contributed by atoms with van der Waals surface area (Å²) in [5.41, 5.74) is 5.81. The van der Waals surface area contributed by atoms with Gasteiger partial charge in [-0.3, -0.25) is 10.1 Å². The van der Waals surface area contributed by atoms with E-state index in [0.29, 0.717) is 10.8 Å². The minimum Gasteiger partial charge on any atom is -0.353 e. The van der Waals surface area contributed by atoms with Gasteiger partial charge in [0, 0.05) is 24.7 Å². The zero-order valence-electron chi connectivity index (χ0n) is 10.0. The van der Waals surface area contributed by atoms with E-state index in [1.54, 1.807) is 0 Å². The number of rotatable bonds is 2. The van der Waals surface area contributed by atoms with Crippen LogP contribution in [0.1, 0.15) is 19.8 Å². The molecule has 2 unspecified atom stereocenters. The number of hydrogen-bond donors (Lipinski definition) is 1. The van der Waals surface area contributed by atoms with Crippen LogP contribution in [0.3, 0.4) is 0 Å². The van der Waals surface area contributed by atoms with E-state index in [1.807, 2.05) is 0 Å². The molecule has 6 nitrogen and oxygen atoms in total. The zero-order valence-corrected chi connectivity index (χ0v) is 10.8. The molecule has 2 heterocycles. The summed E-state index contributed by atoms with van der Waals surface area (Å²) in [6.07, 6.45) is 2.98. The summed E-state index contributed by atoms with van der Waals surface area (Å²) in [5, 5.41) is 10.9. The Hall–Kier alpha value is -1.40. The van der Waals surface area contributed by atoms with Gasteiger partial charge in [-0.2, -0.15) is 0 Å². The highest BCUT2D eigenvalue weighted by Crippen LogP contribution is 2.31. The summed E-state index contributed by atoms with van der Waals surface area (Å²) in [7, 11) is 0. The van der Waals surface area contributed by atoms with E-state index in [0.717, 1.165) is 19.4 Å². The average Bonchev–Trinajstić information content (AvgIpc) is 2.30. The van der Waals surface area contributed by atoms with Crippen molar-refractivity contribution in [3.05, 3.63) is 27.4 Å². The van der Waals surface area contributed by atoms with Gasteiger partial charge in [-0.25, -0.2) is 4.98 Å². The van der Waals surface area contributed by atoms with Crippen molar-refractivity contribution in [3.63, 3.8) is 0 Å². The summed E-state index contributed by atoms with van der Waals surface area (Å²) >= 11 is 6.07. The Morgan fingerprint density at radius 2 is 2.39 bits per heavy atom. The van der Waals surface area contributed by atoms with Crippen molar-refractivity contribution in [2.24, 2.45) is 5.73 Å². The molecule has 0 aliphatic carbocycles. The highest BCUT2D eigenvalue weighted by Gasteiger charge is 2.26. The third kappa shape index (κ3) is 2.54. The molecule has 0 spiro atoms. The fourth-order valence-electron chi connectivity index (χ4n) is 2.25. The fraction of sp³-hybridized carbons (Fsp3) is 0.545. The second-order valence-corrected chi connectivity index (χ2v) is 4.99. The van der Waals surface area contributed by atoms with Gasteiger partial charge in [0.05, 0.1) is 9.95 Å². The van der Waals surface area contributed by atoms with Gasteiger partial charge >= 0.3 is 0 Å². The Balaban J connectivity index is 2.26. The Morgan fingerprint density at radius 3 is 2.94 bits per heavy atom. The maximum Gasteiger partial charge on any atom is 0.289 e. The van der Waals surface area contributed by atoms with Crippen LogP contribution < -0.4 is 10.6 Å². The highest BCUT2D eigenvalue weighted by atomic mass is 35.5. The molecule has 0 radical (unpaired) electrons. The third-order valence-electron chi connectivity index (χ3n) is 3.21. The van der Waals surface area contributed by atoms with Gasteiger partial charge in [0.2, 0.25) is 0 Å². The molecule has 7 heteroatoms. The summed E-state index contributed by atoms with van der Waals surface area (Å²) in [4.78, 5) is 16.3. The van der Waals surface area contributed by atoms with Gasteiger partial charge in [-0.05, 0) is 19.8 Å². The van der Waals surface area contributed by atoms with Crippen molar-refractivity contribution < 1.29 is 4.92 Å². The monoisotopic (exact) mass is 270 g/mol. The predicted molar refractivity (Wildman–Crippen MR) is 69.9 cm³/mol. The first-order chi connectivity index (χ1) is 8.49. The first kappa shape index (κ1) is 13.0. The van der Waals surface area contributed by atoms with Crippen LogP contribution in [-0.4, -0.2) is 28.5 Å². The van der Waals surface area contributed by atoms with Gasteiger partial charge in [0.1, 0.15) is 12.0 Å². The van der Waals surface area contributed by atoms with Gasteiger partial charge < -0.3 is 10.6 Å². The molecule has 1 fully saturated rings. The number of piperidine rings is 1. The van der Waals surface area contributed by atoms with Crippen molar-refractivity contribution in [3.8, 4) is 0 Å². The van der Waals surface area contributed by atoms with Gasteiger partial charge in [-0.15, -0.1) is 0 Å². The summed E-state index contributed by atoms with van der Waals surface area (Å²) in [6.45, 7) is 2.82. The normalized spacial score (nSPS) is 24.1. The molecule has 1 aromatic heterocycles. The first-order valence-corrected chi connectivity index (χ1v) is 6.19. The van der Waals surface area contributed by atoms with Crippen molar-refractivity contribution in [1.29, 1.82) is 0 Å². The van der Waals surface area contributed by atoms with E-state index in [-0.39, 0.29) is 17.8 Å². The molecule has 0 aromatic carbocycles. The third-order valence-corrected chi connectivity index (χ3v) is 3.49. The average molecular weight is 271 g/mol. The van der Waals surface area contributed by atoms with Crippen molar-refractivity contribution >= 4 is 23.1 Å². The molecule has 1 aromatic rings. The number of aromatic nitrogens is 1. The Morgan fingerprint density at radius 1 is 1.67 bits per heavy atom. The topological polar surface area (TPSA) is 85.3 Å². The summed E-state index contributed by atoms with van der Waals surface area (Å²) in [5.74, 6) is 0.599. The lowest BCUT2D eigenvalue weighted by Gasteiger charge is -2.37. The fourth-order valence-corrected chi connectivity index (χ4v) is 2.52. The number of halogens is 1. The largest absolute Gasteiger partial charge is 0.353 e. The molecular formula is C11H15ClN4O2. The van der Waals surface area contributed by atoms with E-state index in [2.05, 4.69) is 16.8 Å². The lowest BCUT2D eigenvalue weighted by molar-refractivity contribution is -0.385. The molecule has 0 saturated carbocycles. The number of nitro groups is 1.